The number of alkyl halides is 3. The lowest BCUT2D eigenvalue weighted by molar-refractivity contribution is 0.554. The molecule has 1 unspecified atom stereocenters. The SMILES string of the molecule is CCCCCCCCCCC(Cl)C(Cl)(Cl)[C](Cl)Cl. The van der Waals surface area contributed by atoms with E-state index in [2.05, 4.69) is 6.92 Å². The Balaban J connectivity index is 3.49. The van der Waals surface area contributed by atoms with Gasteiger partial charge in [-0.3, -0.25) is 0 Å². The van der Waals surface area contributed by atoms with Crippen molar-refractivity contribution in [3.63, 3.8) is 0 Å². The van der Waals surface area contributed by atoms with Crippen LogP contribution in [0.1, 0.15) is 64.7 Å². The van der Waals surface area contributed by atoms with Crippen LogP contribution in [0.4, 0.5) is 0 Å². The molecule has 18 heavy (non-hydrogen) atoms. The third-order valence-electron chi connectivity index (χ3n) is 2.96. The molecule has 1 atom stereocenters. The van der Waals surface area contributed by atoms with Crippen molar-refractivity contribution in [2.24, 2.45) is 0 Å². The molecular formula is C13H22Cl5. The van der Waals surface area contributed by atoms with E-state index in [1.165, 1.54) is 38.5 Å². The van der Waals surface area contributed by atoms with Gasteiger partial charge in [-0.05, 0) is 6.42 Å². The second-order valence-corrected chi connectivity index (χ2v) is 7.48. The van der Waals surface area contributed by atoms with E-state index in [0.29, 0.717) is 0 Å². The van der Waals surface area contributed by atoms with E-state index in [4.69, 9.17) is 58.0 Å². The molecule has 0 rings (SSSR count). The first-order valence-electron chi connectivity index (χ1n) is 6.63. The van der Waals surface area contributed by atoms with Gasteiger partial charge in [-0.15, -0.1) is 11.6 Å². The molecule has 0 N–H and O–H groups in total. The van der Waals surface area contributed by atoms with Gasteiger partial charge in [-0.1, -0.05) is 105 Å². The van der Waals surface area contributed by atoms with Crippen LogP contribution >= 0.6 is 58.0 Å². The zero-order chi connectivity index (χ0) is 14.0. The van der Waals surface area contributed by atoms with Crippen molar-refractivity contribution < 1.29 is 0 Å². The molecule has 0 aliphatic heterocycles. The van der Waals surface area contributed by atoms with Gasteiger partial charge in [-0.25, -0.2) is 0 Å². The molecule has 0 aromatic rings. The molecule has 0 bridgehead atoms. The monoisotopic (exact) mass is 353 g/mol. The van der Waals surface area contributed by atoms with E-state index < -0.39 is 9.71 Å². The first kappa shape index (κ1) is 19.4. The highest BCUT2D eigenvalue weighted by atomic mass is 35.5. The Bertz CT molecular complexity index is 194. The topological polar surface area (TPSA) is 0 Å². The van der Waals surface area contributed by atoms with Gasteiger partial charge in [0, 0.05) is 0 Å². The van der Waals surface area contributed by atoms with E-state index in [0.717, 1.165) is 19.3 Å². The Morgan fingerprint density at radius 3 is 1.78 bits per heavy atom. The van der Waals surface area contributed by atoms with E-state index >= 15 is 0 Å². The lowest BCUT2D eigenvalue weighted by Crippen LogP contribution is -2.29. The van der Waals surface area contributed by atoms with Crippen molar-refractivity contribution in [2.75, 3.05) is 0 Å². The fourth-order valence-corrected chi connectivity index (χ4v) is 2.61. The Hall–Kier alpha value is 1.45. The summed E-state index contributed by atoms with van der Waals surface area (Å²) in [5.74, 6) is 0. The first-order valence-corrected chi connectivity index (χ1v) is 8.58. The largest absolute Gasteiger partial charge is 0.188 e. The maximum absolute atomic E-state index is 6.10. The molecule has 0 saturated carbocycles. The molecule has 1 radical (unpaired) electrons. The minimum Gasteiger partial charge on any atom is -0.120 e. The minimum absolute atomic E-state index is 0.0783. The summed E-state index contributed by atoms with van der Waals surface area (Å²) in [6.45, 7) is 2.23. The van der Waals surface area contributed by atoms with Crippen LogP contribution in [0.2, 0.25) is 0 Å². The van der Waals surface area contributed by atoms with Crippen molar-refractivity contribution >= 4 is 58.0 Å². The molecule has 0 amide bonds. The molecule has 0 aliphatic carbocycles. The van der Waals surface area contributed by atoms with Crippen LogP contribution in [-0.4, -0.2) is 9.71 Å². The maximum atomic E-state index is 6.10. The molecule has 0 saturated heterocycles. The maximum Gasteiger partial charge on any atom is 0.188 e. The fourth-order valence-electron chi connectivity index (χ4n) is 1.76. The summed E-state index contributed by atoms with van der Waals surface area (Å²) in [5.41, 5.74) is 0. The summed E-state index contributed by atoms with van der Waals surface area (Å²) in [5, 5.41) is -0.439. The Morgan fingerprint density at radius 2 is 1.33 bits per heavy atom. The lowest BCUT2D eigenvalue weighted by atomic mass is 10.1. The quantitative estimate of drug-likeness (QED) is 0.270. The van der Waals surface area contributed by atoms with Crippen LogP contribution in [0, 0.1) is 4.84 Å². The predicted molar refractivity (Wildman–Crippen MR) is 86.3 cm³/mol. The molecule has 0 heterocycles. The second-order valence-electron chi connectivity index (χ2n) is 4.61. The van der Waals surface area contributed by atoms with Crippen LogP contribution in [-0.2, 0) is 0 Å². The summed E-state index contributed by atoms with van der Waals surface area (Å²) >= 11 is 29.2. The third kappa shape index (κ3) is 8.59. The van der Waals surface area contributed by atoms with Gasteiger partial charge >= 0.3 is 0 Å². The fraction of sp³-hybridized carbons (Fsp3) is 0.923. The van der Waals surface area contributed by atoms with Crippen LogP contribution in [0.25, 0.3) is 0 Å². The molecule has 0 nitrogen and oxygen atoms in total. The Morgan fingerprint density at radius 1 is 0.889 bits per heavy atom. The van der Waals surface area contributed by atoms with Crippen molar-refractivity contribution in [1.29, 1.82) is 0 Å². The van der Waals surface area contributed by atoms with Gasteiger partial charge in [0.05, 0.1) is 5.38 Å². The summed E-state index contributed by atoms with van der Waals surface area (Å²) in [7, 11) is 0. The molecule has 0 aromatic carbocycles. The van der Waals surface area contributed by atoms with Gasteiger partial charge in [0.1, 0.15) is 0 Å². The van der Waals surface area contributed by atoms with Crippen LogP contribution < -0.4 is 0 Å². The number of unbranched alkanes of at least 4 members (excludes halogenated alkanes) is 7. The average molecular weight is 356 g/mol. The summed E-state index contributed by atoms with van der Waals surface area (Å²) in [6, 6.07) is 0. The smallest absolute Gasteiger partial charge is 0.120 e. The van der Waals surface area contributed by atoms with Crippen molar-refractivity contribution in [2.45, 2.75) is 74.4 Å². The highest BCUT2D eigenvalue weighted by Crippen LogP contribution is 2.44. The Kier molecular flexibility index (Phi) is 12.0. The van der Waals surface area contributed by atoms with Gasteiger partial charge in [0.25, 0.3) is 0 Å². The molecule has 109 valence electrons. The van der Waals surface area contributed by atoms with Crippen LogP contribution in [0.15, 0.2) is 0 Å². The number of rotatable bonds is 11. The molecule has 0 fully saturated rings. The highest BCUT2D eigenvalue weighted by molar-refractivity contribution is 6.67. The van der Waals surface area contributed by atoms with Gasteiger partial charge in [0.15, 0.2) is 9.17 Å². The average Bonchev–Trinajstić information content (AvgIpc) is 2.32. The standard InChI is InChI=1S/C13H22Cl5/c1-2-3-4-5-6-7-8-9-10-11(14)13(17,18)12(15)16/h11H,2-10H2,1H3. The minimum atomic E-state index is -1.34. The summed E-state index contributed by atoms with van der Waals surface area (Å²) in [4.78, 5) is -0.0783. The lowest BCUT2D eigenvalue weighted by Gasteiger charge is -2.25. The second kappa shape index (κ2) is 11.1. The predicted octanol–water partition coefficient (Wildman–Crippen LogP) is 7.27. The van der Waals surface area contributed by atoms with Crippen molar-refractivity contribution in [3.8, 4) is 0 Å². The van der Waals surface area contributed by atoms with E-state index in [1.807, 2.05) is 0 Å². The Labute approximate surface area is 137 Å². The van der Waals surface area contributed by atoms with E-state index in [1.54, 1.807) is 0 Å². The van der Waals surface area contributed by atoms with Gasteiger partial charge in [0.2, 0.25) is 0 Å². The van der Waals surface area contributed by atoms with Crippen LogP contribution in [0.5, 0.6) is 0 Å². The number of halogens is 5. The normalized spacial score (nSPS) is 14.2. The molecular weight excluding hydrogens is 333 g/mol. The molecule has 0 aliphatic rings. The van der Waals surface area contributed by atoms with Gasteiger partial charge in [-0.2, -0.15) is 0 Å². The highest BCUT2D eigenvalue weighted by Gasteiger charge is 2.40. The van der Waals surface area contributed by atoms with Crippen molar-refractivity contribution in [1.82, 2.24) is 0 Å². The first-order chi connectivity index (χ1) is 8.42. The van der Waals surface area contributed by atoms with E-state index in [-0.39, 0.29) is 4.84 Å². The zero-order valence-electron chi connectivity index (χ0n) is 10.8. The van der Waals surface area contributed by atoms with Crippen molar-refractivity contribution in [3.05, 3.63) is 4.84 Å². The van der Waals surface area contributed by atoms with E-state index in [9.17, 15) is 0 Å². The molecule has 0 aromatic heterocycles. The third-order valence-corrected chi connectivity index (χ3v) is 5.61. The summed E-state index contributed by atoms with van der Waals surface area (Å²) < 4.78 is -1.34. The van der Waals surface area contributed by atoms with Crippen LogP contribution in [0.3, 0.4) is 0 Å². The number of hydrogen-bond donors (Lipinski definition) is 0. The summed E-state index contributed by atoms with van der Waals surface area (Å²) in [6.07, 6.45) is 10.7. The molecule has 5 heteroatoms. The zero-order valence-corrected chi connectivity index (χ0v) is 14.6. The molecule has 0 spiro atoms. The number of hydrogen-bond acceptors (Lipinski definition) is 0. The van der Waals surface area contributed by atoms with Gasteiger partial charge < -0.3 is 0 Å².